The van der Waals surface area contributed by atoms with E-state index >= 15 is 0 Å². The SMILES string of the molecule is CC1C2CCCCC2NN1C. The maximum Gasteiger partial charge on any atom is 0.0258 e. The molecule has 2 fully saturated rings. The molecular weight excluding hydrogens is 136 g/mol. The fourth-order valence-corrected chi connectivity index (χ4v) is 2.56. The van der Waals surface area contributed by atoms with Gasteiger partial charge in [0, 0.05) is 19.1 Å². The summed E-state index contributed by atoms with van der Waals surface area (Å²) in [6.07, 6.45) is 5.69. The van der Waals surface area contributed by atoms with E-state index in [1.54, 1.807) is 0 Å². The van der Waals surface area contributed by atoms with Gasteiger partial charge in [0.05, 0.1) is 0 Å². The van der Waals surface area contributed by atoms with Crippen LogP contribution in [-0.4, -0.2) is 24.1 Å². The summed E-state index contributed by atoms with van der Waals surface area (Å²) in [6.45, 7) is 2.34. The lowest BCUT2D eigenvalue weighted by molar-refractivity contribution is 0.230. The van der Waals surface area contributed by atoms with Crippen molar-refractivity contribution >= 4 is 0 Å². The Labute approximate surface area is 68.9 Å². The van der Waals surface area contributed by atoms with Gasteiger partial charge in [-0.3, -0.25) is 5.43 Å². The van der Waals surface area contributed by atoms with Crippen LogP contribution < -0.4 is 5.43 Å². The number of hydrogen-bond donors (Lipinski definition) is 1. The van der Waals surface area contributed by atoms with Gasteiger partial charge in [-0.05, 0) is 25.7 Å². The molecule has 0 bridgehead atoms. The second-order valence-electron chi connectivity index (χ2n) is 4.04. The van der Waals surface area contributed by atoms with Gasteiger partial charge in [-0.15, -0.1) is 0 Å². The molecule has 2 heteroatoms. The molecule has 64 valence electrons. The molecule has 0 radical (unpaired) electrons. The van der Waals surface area contributed by atoms with E-state index in [1.807, 2.05) is 0 Å². The molecule has 3 atom stereocenters. The largest absolute Gasteiger partial charge is 0.252 e. The molecule has 2 aliphatic rings. The minimum Gasteiger partial charge on any atom is -0.252 e. The standard InChI is InChI=1S/C9H18N2/c1-7-8-5-3-4-6-9(8)10-11(7)2/h7-10H,3-6H2,1-2H3. The summed E-state index contributed by atoms with van der Waals surface area (Å²) in [5, 5.41) is 2.29. The minimum absolute atomic E-state index is 0.750. The van der Waals surface area contributed by atoms with Gasteiger partial charge in [-0.2, -0.15) is 0 Å². The summed E-state index contributed by atoms with van der Waals surface area (Å²) < 4.78 is 0. The third-order valence-electron chi connectivity index (χ3n) is 3.42. The molecule has 1 heterocycles. The van der Waals surface area contributed by atoms with Crippen LogP contribution in [0.15, 0.2) is 0 Å². The predicted octanol–water partition coefficient (Wildman–Crippen LogP) is 1.38. The third kappa shape index (κ3) is 1.18. The lowest BCUT2D eigenvalue weighted by Crippen LogP contribution is -2.35. The number of nitrogens with zero attached hydrogens (tertiary/aromatic N) is 1. The quantitative estimate of drug-likeness (QED) is 0.567. The van der Waals surface area contributed by atoms with Crippen molar-refractivity contribution in [1.82, 2.24) is 10.4 Å². The van der Waals surface area contributed by atoms with Gasteiger partial charge < -0.3 is 0 Å². The highest BCUT2D eigenvalue weighted by atomic mass is 15.5. The maximum atomic E-state index is 3.54. The zero-order chi connectivity index (χ0) is 7.84. The molecular formula is C9H18N2. The highest BCUT2D eigenvalue weighted by Crippen LogP contribution is 2.32. The van der Waals surface area contributed by atoms with E-state index in [4.69, 9.17) is 0 Å². The molecule has 2 nitrogen and oxygen atoms in total. The minimum atomic E-state index is 0.750. The van der Waals surface area contributed by atoms with Gasteiger partial charge in [0.25, 0.3) is 0 Å². The van der Waals surface area contributed by atoms with E-state index in [0.717, 1.165) is 18.0 Å². The van der Waals surface area contributed by atoms with Crippen molar-refractivity contribution in [1.29, 1.82) is 0 Å². The van der Waals surface area contributed by atoms with Crippen LogP contribution in [0.25, 0.3) is 0 Å². The highest BCUT2D eigenvalue weighted by molar-refractivity contribution is 4.91. The van der Waals surface area contributed by atoms with Crippen molar-refractivity contribution < 1.29 is 0 Å². The second-order valence-corrected chi connectivity index (χ2v) is 4.04. The van der Waals surface area contributed by atoms with Crippen LogP contribution in [0.2, 0.25) is 0 Å². The summed E-state index contributed by atoms with van der Waals surface area (Å²) in [7, 11) is 2.17. The average molecular weight is 154 g/mol. The smallest absolute Gasteiger partial charge is 0.0258 e. The summed E-state index contributed by atoms with van der Waals surface area (Å²) >= 11 is 0. The van der Waals surface area contributed by atoms with Crippen molar-refractivity contribution in [3.63, 3.8) is 0 Å². The zero-order valence-corrected chi connectivity index (χ0v) is 7.51. The van der Waals surface area contributed by atoms with Crippen molar-refractivity contribution in [2.75, 3.05) is 7.05 Å². The number of hydrazine groups is 1. The first-order chi connectivity index (χ1) is 5.29. The monoisotopic (exact) mass is 154 g/mol. The Bertz CT molecular complexity index is 146. The molecule has 0 aromatic heterocycles. The van der Waals surface area contributed by atoms with Gasteiger partial charge in [-0.25, -0.2) is 5.01 Å². The molecule has 1 aliphatic heterocycles. The van der Waals surface area contributed by atoms with E-state index in [1.165, 1.54) is 25.7 Å². The summed E-state index contributed by atoms with van der Waals surface area (Å²) in [5.74, 6) is 0.925. The Morgan fingerprint density at radius 1 is 1.27 bits per heavy atom. The fraction of sp³-hybridized carbons (Fsp3) is 1.00. The second kappa shape index (κ2) is 2.76. The average Bonchev–Trinajstić information content (AvgIpc) is 2.30. The van der Waals surface area contributed by atoms with Crippen LogP contribution in [0.5, 0.6) is 0 Å². The summed E-state index contributed by atoms with van der Waals surface area (Å²) in [5.41, 5.74) is 3.54. The molecule has 3 unspecified atom stereocenters. The topological polar surface area (TPSA) is 15.3 Å². The molecule has 0 aromatic carbocycles. The molecule has 1 saturated heterocycles. The van der Waals surface area contributed by atoms with Crippen molar-refractivity contribution in [3.8, 4) is 0 Å². The van der Waals surface area contributed by atoms with Crippen LogP contribution >= 0.6 is 0 Å². The summed E-state index contributed by atoms with van der Waals surface area (Å²) in [6, 6.07) is 1.55. The first-order valence-corrected chi connectivity index (χ1v) is 4.78. The van der Waals surface area contributed by atoms with E-state index in [9.17, 15) is 0 Å². The number of rotatable bonds is 0. The Balaban J connectivity index is 2.05. The first-order valence-electron chi connectivity index (χ1n) is 4.78. The van der Waals surface area contributed by atoms with Gasteiger partial charge in [0.2, 0.25) is 0 Å². The highest BCUT2D eigenvalue weighted by Gasteiger charge is 2.37. The van der Waals surface area contributed by atoms with Crippen LogP contribution in [0.3, 0.4) is 0 Å². The molecule has 1 aliphatic carbocycles. The molecule has 0 aromatic rings. The van der Waals surface area contributed by atoms with Crippen LogP contribution in [-0.2, 0) is 0 Å². The molecule has 1 saturated carbocycles. The molecule has 0 amide bonds. The normalized spacial score (nSPS) is 45.8. The lowest BCUT2D eigenvalue weighted by atomic mass is 9.82. The van der Waals surface area contributed by atoms with Crippen molar-refractivity contribution in [2.24, 2.45) is 5.92 Å². The van der Waals surface area contributed by atoms with Crippen LogP contribution in [0, 0.1) is 5.92 Å². The molecule has 0 spiro atoms. The zero-order valence-electron chi connectivity index (χ0n) is 7.51. The Morgan fingerprint density at radius 3 is 2.73 bits per heavy atom. The molecule has 2 rings (SSSR count). The van der Waals surface area contributed by atoms with E-state index in [2.05, 4.69) is 24.4 Å². The third-order valence-corrected chi connectivity index (χ3v) is 3.42. The number of hydrogen-bond acceptors (Lipinski definition) is 2. The summed E-state index contributed by atoms with van der Waals surface area (Å²) in [4.78, 5) is 0. The predicted molar refractivity (Wildman–Crippen MR) is 46.1 cm³/mol. The number of nitrogens with one attached hydrogen (secondary N) is 1. The van der Waals surface area contributed by atoms with E-state index in [-0.39, 0.29) is 0 Å². The van der Waals surface area contributed by atoms with E-state index < -0.39 is 0 Å². The molecule has 1 N–H and O–H groups in total. The van der Waals surface area contributed by atoms with E-state index in [0.29, 0.717) is 0 Å². The van der Waals surface area contributed by atoms with Gasteiger partial charge in [-0.1, -0.05) is 12.8 Å². The fourth-order valence-electron chi connectivity index (χ4n) is 2.56. The van der Waals surface area contributed by atoms with Gasteiger partial charge in [0.15, 0.2) is 0 Å². The lowest BCUT2D eigenvalue weighted by Gasteiger charge is -2.25. The molecule has 11 heavy (non-hydrogen) atoms. The van der Waals surface area contributed by atoms with Crippen molar-refractivity contribution in [2.45, 2.75) is 44.7 Å². The number of fused-ring (bicyclic) bond motifs is 1. The Morgan fingerprint density at radius 2 is 2.00 bits per heavy atom. The maximum absolute atomic E-state index is 3.54. The first kappa shape index (κ1) is 7.56. The van der Waals surface area contributed by atoms with Crippen LogP contribution in [0.4, 0.5) is 0 Å². The van der Waals surface area contributed by atoms with Gasteiger partial charge in [0.1, 0.15) is 0 Å². The Kier molecular flexibility index (Phi) is 1.90. The Hall–Kier alpha value is -0.0800. The van der Waals surface area contributed by atoms with Gasteiger partial charge >= 0.3 is 0 Å². The van der Waals surface area contributed by atoms with Crippen molar-refractivity contribution in [3.05, 3.63) is 0 Å². The van der Waals surface area contributed by atoms with Crippen LogP contribution in [0.1, 0.15) is 32.6 Å².